The number of hydroxylamine groups is 1. The zero-order chi connectivity index (χ0) is 15.5. The van der Waals surface area contributed by atoms with Gasteiger partial charge in [0.1, 0.15) is 5.75 Å². The highest BCUT2D eigenvalue weighted by Crippen LogP contribution is 2.18. The van der Waals surface area contributed by atoms with Crippen LogP contribution in [0.4, 0.5) is 0 Å². The average Bonchev–Trinajstić information content (AvgIpc) is 2.49. The summed E-state index contributed by atoms with van der Waals surface area (Å²) in [6.07, 6.45) is 4.82. The number of rotatable bonds is 11. The highest BCUT2D eigenvalue weighted by Gasteiger charge is 2.05. The van der Waals surface area contributed by atoms with Gasteiger partial charge >= 0.3 is 0 Å². The normalized spacial score (nSPS) is 11.3. The van der Waals surface area contributed by atoms with Crippen molar-refractivity contribution in [3.63, 3.8) is 0 Å². The van der Waals surface area contributed by atoms with Gasteiger partial charge in [-0.1, -0.05) is 38.8 Å². The van der Waals surface area contributed by atoms with Crippen molar-refractivity contribution in [1.82, 2.24) is 5.48 Å². The van der Waals surface area contributed by atoms with Crippen LogP contribution in [0, 0.1) is 5.92 Å². The van der Waals surface area contributed by atoms with E-state index >= 15 is 0 Å². The maximum atomic E-state index is 5.73. The van der Waals surface area contributed by atoms with Gasteiger partial charge in [-0.3, -0.25) is 4.84 Å². The Balaban J connectivity index is 2.22. The second kappa shape index (κ2) is 10.6. The molecule has 120 valence electrons. The highest BCUT2D eigenvalue weighted by atomic mass is 16.7. The number of benzene rings is 1. The van der Waals surface area contributed by atoms with Crippen LogP contribution in [0.2, 0.25) is 0 Å². The summed E-state index contributed by atoms with van der Waals surface area (Å²) in [6.45, 7) is 10.1. The van der Waals surface area contributed by atoms with Crippen LogP contribution < -0.4 is 10.2 Å². The summed E-state index contributed by atoms with van der Waals surface area (Å²) in [7, 11) is 0. The van der Waals surface area contributed by atoms with Crippen molar-refractivity contribution in [2.75, 3.05) is 13.2 Å². The topological polar surface area (TPSA) is 30.5 Å². The van der Waals surface area contributed by atoms with Crippen LogP contribution in [0.25, 0.3) is 0 Å². The maximum absolute atomic E-state index is 5.73. The number of hydrogen-bond acceptors (Lipinski definition) is 3. The lowest BCUT2D eigenvalue weighted by Gasteiger charge is -2.13. The first kappa shape index (κ1) is 18.0. The van der Waals surface area contributed by atoms with E-state index < -0.39 is 0 Å². The van der Waals surface area contributed by atoms with Gasteiger partial charge in [-0.05, 0) is 50.3 Å². The zero-order valence-electron chi connectivity index (χ0n) is 14.0. The molecular weight excluding hydrogens is 262 g/mol. The minimum atomic E-state index is 0.216. The molecule has 0 amide bonds. The fraction of sp³-hybridized carbons (Fsp3) is 0.667. The van der Waals surface area contributed by atoms with Crippen molar-refractivity contribution in [1.29, 1.82) is 0 Å². The smallest absolute Gasteiger partial charge is 0.119 e. The maximum Gasteiger partial charge on any atom is 0.119 e. The van der Waals surface area contributed by atoms with Crippen molar-refractivity contribution >= 4 is 0 Å². The summed E-state index contributed by atoms with van der Waals surface area (Å²) < 4.78 is 5.73. The molecule has 3 heteroatoms. The van der Waals surface area contributed by atoms with Gasteiger partial charge in [0.2, 0.25) is 0 Å². The molecule has 0 saturated heterocycles. The summed E-state index contributed by atoms with van der Waals surface area (Å²) in [5, 5.41) is 0. The van der Waals surface area contributed by atoms with E-state index in [4.69, 9.17) is 9.57 Å². The molecule has 3 nitrogen and oxygen atoms in total. The molecule has 0 aliphatic heterocycles. The molecule has 1 rings (SSSR count). The summed E-state index contributed by atoms with van der Waals surface area (Å²) >= 11 is 0. The van der Waals surface area contributed by atoms with E-state index in [-0.39, 0.29) is 6.10 Å². The van der Waals surface area contributed by atoms with Crippen molar-refractivity contribution in [2.45, 2.75) is 59.5 Å². The predicted octanol–water partition coefficient (Wildman–Crippen LogP) is 4.36. The van der Waals surface area contributed by atoms with Crippen LogP contribution in [0.5, 0.6) is 5.75 Å². The Hall–Kier alpha value is -1.06. The first-order valence-electron chi connectivity index (χ1n) is 8.25. The summed E-state index contributed by atoms with van der Waals surface area (Å²) in [4.78, 5) is 5.26. The SMILES string of the molecule is CCC(CC)Cc1ccc(OCCCNOC(C)C)cc1. The van der Waals surface area contributed by atoms with Crippen molar-refractivity contribution < 1.29 is 9.57 Å². The number of ether oxygens (including phenoxy) is 1. The summed E-state index contributed by atoms with van der Waals surface area (Å²) in [5.41, 5.74) is 4.34. The fourth-order valence-electron chi connectivity index (χ4n) is 2.19. The van der Waals surface area contributed by atoms with Gasteiger partial charge in [0, 0.05) is 6.54 Å². The summed E-state index contributed by atoms with van der Waals surface area (Å²) in [5.74, 6) is 1.75. The molecule has 0 aromatic heterocycles. The van der Waals surface area contributed by atoms with Crippen molar-refractivity contribution in [3.8, 4) is 5.75 Å². The van der Waals surface area contributed by atoms with Crippen LogP contribution in [-0.4, -0.2) is 19.3 Å². The lowest BCUT2D eigenvalue weighted by atomic mass is 9.95. The molecule has 1 aromatic carbocycles. The molecule has 0 fully saturated rings. The molecule has 0 unspecified atom stereocenters. The van der Waals surface area contributed by atoms with Crippen LogP contribution in [0.3, 0.4) is 0 Å². The Kier molecular flexibility index (Phi) is 9.11. The largest absolute Gasteiger partial charge is 0.494 e. The second-order valence-corrected chi connectivity index (χ2v) is 5.79. The third-order valence-corrected chi connectivity index (χ3v) is 3.61. The van der Waals surface area contributed by atoms with Crippen LogP contribution in [-0.2, 0) is 11.3 Å². The van der Waals surface area contributed by atoms with E-state index in [1.165, 1.54) is 24.8 Å². The van der Waals surface area contributed by atoms with Crippen molar-refractivity contribution in [2.24, 2.45) is 5.92 Å². The first-order valence-corrected chi connectivity index (χ1v) is 8.25. The monoisotopic (exact) mass is 293 g/mol. The molecule has 0 aliphatic carbocycles. The van der Waals surface area contributed by atoms with Gasteiger partial charge in [0.05, 0.1) is 12.7 Å². The van der Waals surface area contributed by atoms with Gasteiger partial charge in [-0.15, -0.1) is 0 Å². The van der Waals surface area contributed by atoms with Crippen LogP contribution in [0.1, 0.15) is 52.5 Å². The van der Waals surface area contributed by atoms with Gasteiger partial charge in [-0.25, -0.2) is 5.48 Å². The third kappa shape index (κ3) is 8.08. The zero-order valence-corrected chi connectivity index (χ0v) is 14.0. The molecule has 0 spiro atoms. The molecule has 21 heavy (non-hydrogen) atoms. The van der Waals surface area contributed by atoms with E-state index in [2.05, 4.69) is 43.6 Å². The molecule has 0 bridgehead atoms. The molecule has 0 atom stereocenters. The van der Waals surface area contributed by atoms with E-state index in [1.54, 1.807) is 0 Å². The Morgan fingerprint density at radius 3 is 2.29 bits per heavy atom. The second-order valence-electron chi connectivity index (χ2n) is 5.79. The molecule has 0 radical (unpaired) electrons. The highest BCUT2D eigenvalue weighted by molar-refractivity contribution is 5.27. The van der Waals surface area contributed by atoms with Crippen LogP contribution >= 0.6 is 0 Å². The Morgan fingerprint density at radius 1 is 1.05 bits per heavy atom. The van der Waals surface area contributed by atoms with Gasteiger partial charge in [-0.2, -0.15) is 0 Å². The molecule has 1 aromatic rings. The van der Waals surface area contributed by atoms with Crippen molar-refractivity contribution in [3.05, 3.63) is 29.8 Å². The van der Waals surface area contributed by atoms with Gasteiger partial charge in [0.25, 0.3) is 0 Å². The third-order valence-electron chi connectivity index (χ3n) is 3.61. The standard InChI is InChI=1S/C18H31NO2/c1-5-16(6-2)14-17-8-10-18(11-9-17)20-13-7-12-19-21-15(3)4/h8-11,15-16,19H,5-7,12-14H2,1-4H3. The molecular formula is C18H31NO2. The molecule has 0 aliphatic rings. The lowest BCUT2D eigenvalue weighted by Crippen LogP contribution is -2.21. The Morgan fingerprint density at radius 2 is 1.71 bits per heavy atom. The van der Waals surface area contributed by atoms with Gasteiger partial charge in [0.15, 0.2) is 0 Å². The number of hydrogen-bond donors (Lipinski definition) is 1. The lowest BCUT2D eigenvalue weighted by molar-refractivity contribution is -0.00640. The van der Waals surface area contributed by atoms with E-state index in [9.17, 15) is 0 Å². The van der Waals surface area contributed by atoms with Gasteiger partial charge < -0.3 is 4.74 Å². The predicted molar refractivity (Wildman–Crippen MR) is 88.6 cm³/mol. The van der Waals surface area contributed by atoms with Crippen LogP contribution in [0.15, 0.2) is 24.3 Å². The van der Waals surface area contributed by atoms with E-state index in [1.807, 2.05) is 13.8 Å². The molecule has 0 saturated carbocycles. The minimum absolute atomic E-state index is 0.216. The first-order chi connectivity index (χ1) is 10.2. The average molecular weight is 293 g/mol. The quantitative estimate of drug-likeness (QED) is 0.485. The van der Waals surface area contributed by atoms with E-state index in [0.717, 1.165) is 24.6 Å². The Labute approximate surface area is 130 Å². The molecule has 1 N–H and O–H groups in total. The van der Waals surface area contributed by atoms with E-state index in [0.29, 0.717) is 6.61 Å². The fourth-order valence-corrected chi connectivity index (χ4v) is 2.19. The minimum Gasteiger partial charge on any atom is -0.494 e. The Bertz CT molecular complexity index is 358. The molecule has 0 heterocycles. The number of nitrogens with one attached hydrogen (secondary N) is 1. The summed E-state index contributed by atoms with van der Waals surface area (Å²) in [6, 6.07) is 8.53.